The summed E-state index contributed by atoms with van der Waals surface area (Å²) < 4.78 is 2.02. The minimum atomic E-state index is 0.192. The van der Waals surface area contributed by atoms with E-state index in [9.17, 15) is 0 Å². The Hall–Kier alpha value is -0.790. The Balaban J connectivity index is 3.34. The zero-order chi connectivity index (χ0) is 11.8. The first kappa shape index (κ1) is 12.3. The minimum Gasteiger partial charge on any atom is -0.272 e. The Bertz CT molecular complexity index is 342. The second-order valence-corrected chi connectivity index (χ2v) is 5.53. The molecule has 0 spiro atoms. The average Bonchev–Trinajstić information content (AvgIpc) is 2.41. The molecule has 1 atom stereocenters. The molecule has 0 amide bonds. The summed E-state index contributed by atoms with van der Waals surface area (Å²) in [4.78, 5) is 0. The summed E-state index contributed by atoms with van der Waals surface area (Å²) in [6.07, 6.45) is 1.15. The minimum absolute atomic E-state index is 0.192. The molecular weight excluding hydrogens is 184 g/mol. The van der Waals surface area contributed by atoms with Crippen molar-refractivity contribution in [2.75, 3.05) is 0 Å². The SMILES string of the molecule is CCC(C)c1nn(C)c(C)c1C(C)(C)C. The van der Waals surface area contributed by atoms with Crippen molar-refractivity contribution in [3.8, 4) is 0 Å². The Morgan fingerprint density at radius 1 is 1.33 bits per heavy atom. The van der Waals surface area contributed by atoms with Gasteiger partial charge >= 0.3 is 0 Å². The lowest BCUT2D eigenvalue weighted by Crippen LogP contribution is -2.15. The lowest BCUT2D eigenvalue weighted by Gasteiger charge is -2.22. The van der Waals surface area contributed by atoms with Crippen molar-refractivity contribution >= 4 is 0 Å². The highest BCUT2D eigenvalue weighted by atomic mass is 15.3. The summed E-state index contributed by atoms with van der Waals surface area (Å²) in [5, 5.41) is 4.66. The molecule has 1 aromatic rings. The Labute approximate surface area is 93.7 Å². The van der Waals surface area contributed by atoms with E-state index in [0.29, 0.717) is 5.92 Å². The standard InChI is InChI=1S/C13H24N2/c1-8-9(2)12-11(13(4,5)6)10(3)15(7)14-12/h9H,8H2,1-7H3. The van der Waals surface area contributed by atoms with Crippen molar-refractivity contribution in [1.29, 1.82) is 0 Å². The van der Waals surface area contributed by atoms with Crippen molar-refractivity contribution in [2.45, 2.75) is 59.3 Å². The summed E-state index contributed by atoms with van der Waals surface area (Å²) in [5.74, 6) is 0.555. The van der Waals surface area contributed by atoms with Gasteiger partial charge in [0.15, 0.2) is 0 Å². The van der Waals surface area contributed by atoms with Crippen LogP contribution in [0.2, 0.25) is 0 Å². The summed E-state index contributed by atoms with van der Waals surface area (Å²) in [6.45, 7) is 13.5. The third-order valence-corrected chi connectivity index (χ3v) is 3.19. The van der Waals surface area contributed by atoms with Crippen LogP contribution in [0.15, 0.2) is 0 Å². The number of aromatic nitrogens is 2. The van der Waals surface area contributed by atoms with E-state index in [1.165, 1.54) is 17.0 Å². The molecular formula is C13H24N2. The first-order valence-electron chi connectivity index (χ1n) is 5.83. The third kappa shape index (κ3) is 2.24. The van der Waals surface area contributed by atoms with Crippen LogP contribution >= 0.6 is 0 Å². The zero-order valence-corrected chi connectivity index (χ0v) is 11.2. The molecule has 1 unspecified atom stereocenters. The van der Waals surface area contributed by atoms with E-state index in [0.717, 1.165) is 6.42 Å². The van der Waals surface area contributed by atoms with Crippen LogP contribution in [0.5, 0.6) is 0 Å². The lowest BCUT2D eigenvalue weighted by molar-refractivity contribution is 0.565. The molecule has 1 aromatic heterocycles. The number of aryl methyl sites for hydroxylation is 1. The highest BCUT2D eigenvalue weighted by Crippen LogP contribution is 2.33. The molecule has 1 rings (SSSR count). The Kier molecular flexibility index (Phi) is 3.27. The van der Waals surface area contributed by atoms with E-state index in [4.69, 9.17) is 0 Å². The molecule has 0 radical (unpaired) electrons. The van der Waals surface area contributed by atoms with Crippen molar-refractivity contribution in [3.05, 3.63) is 17.0 Å². The smallest absolute Gasteiger partial charge is 0.0692 e. The molecule has 0 aliphatic heterocycles. The maximum absolute atomic E-state index is 4.66. The molecule has 0 bridgehead atoms. The highest BCUT2D eigenvalue weighted by molar-refractivity contribution is 5.34. The molecule has 0 aliphatic rings. The van der Waals surface area contributed by atoms with Gasteiger partial charge in [-0.25, -0.2) is 0 Å². The Morgan fingerprint density at radius 2 is 1.87 bits per heavy atom. The van der Waals surface area contributed by atoms with Gasteiger partial charge in [0.05, 0.1) is 5.69 Å². The largest absolute Gasteiger partial charge is 0.272 e. The van der Waals surface area contributed by atoms with Crippen LogP contribution in [0.3, 0.4) is 0 Å². The maximum atomic E-state index is 4.66. The summed E-state index contributed by atoms with van der Waals surface area (Å²) in [7, 11) is 2.04. The normalized spacial score (nSPS) is 14.3. The van der Waals surface area contributed by atoms with Crippen LogP contribution in [0.25, 0.3) is 0 Å². The van der Waals surface area contributed by atoms with E-state index in [2.05, 4.69) is 46.6 Å². The zero-order valence-electron chi connectivity index (χ0n) is 11.2. The summed E-state index contributed by atoms with van der Waals surface area (Å²) in [6, 6.07) is 0. The van der Waals surface area contributed by atoms with Gasteiger partial charge in [0.1, 0.15) is 0 Å². The van der Waals surface area contributed by atoms with Crippen molar-refractivity contribution in [2.24, 2.45) is 7.05 Å². The second kappa shape index (κ2) is 3.99. The van der Waals surface area contributed by atoms with E-state index in [1.807, 2.05) is 11.7 Å². The Morgan fingerprint density at radius 3 is 2.27 bits per heavy atom. The first-order chi connectivity index (χ1) is 6.79. The van der Waals surface area contributed by atoms with E-state index in [1.54, 1.807) is 0 Å². The van der Waals surface area contributed by atoms with Crippen molar-refractivity contribution in [3.63, 3.8) is 0 Å². The summed E-state index contributed by atoms with van der Waals surface area (Å²) >= 11 is 0. The molecule has 2 nitrogen and oxygen atoms in total. The van der Waals surface area contributed by atoms with Crippen molar-refractivity contribution in [1.82, 2.24) is 9.78 Å². The van der Waals surface area contributed by atoms with Gasteiger partial charge in [0.25, 0.3) is 0 Å². The van der Waals surface area contributed by atoms with Gasteiger partial charge in [-0.3, -0.25) is 4.68 Å². The van der Waals surface area contributed by atoms with Crippen LogP contribution in [-0.4, -0.2) is 9.78 Å². The highest BCUT2D eigenvalue weighted by Gasteiger charge is 2.26. The predicted molar refractivity (Wildman–Crippen MR) is 65.4 cm³/mol. The van der Waals surface area contributed by atoms with E-state index < -0.39 is 0 Å². The molecule has 0 aromatic carbocycles. The van der Waals surface area contributed by atoms with Crippen molar-refractivity contribution < 1.29 is 0 Å². The third-order valence-electron chi connectivity index (χ3n) is 3.19. The fourth-order valence-corrected chi connectivity index (χ4v) is 2.10. The molecule has 0 aliphatic carbocycles. The average molecular weight is 208 g/mol. The van der Waals surface area contributed by atoms with Crippen LogP contribution in [-0.2, 0) is 12.5 Å². The molecule has 0 saturated heterocycles. The van der Waals surface area contributed by atoms with Gasteiger partial charge < -0.3 is 0 Å². The summed E-state index contributed by atoms with van der Waals surface area (Å²) in [5.41, 5.74) is 4.21. The predicted octanol–water partition coefficient (Wildman–Crippen LogP) is 3.54. The number of nitrogens with zero attached hydrogens (tertiary/aromatic N) is 2. The first-order valence-corrected chi connectivity index (χ1v) is 5.83. The number of hydrogen-bond donors (Lipinski definition) is 0. The lowest BCUT2D eigenvalue weighted by atomic mass is 9.82. The molecule has 15 heavy (non-hydrogen) atoms. The topological polar surface area (TPSA) is 17.8 Å². The van der Waals surface area contributed by atoms with E-state index in [-0.39, 0.29) is 5.41 Å². The molecule has 0 saturated carbocycles. The van der Waals surface area contributed by atoms with Crippen LogP contribution in [0.4, 0.5) is 0 Å². The molecule has 86 valence electrons. The van der Waals surface area contributed by atoms with Crippen LogP contribution in [0, 0.1) is 6.92 Å². The van der Waals surface area contributed by atoms with Gasteiger partial charge in [0, 0.05) is 24.2 Å². The fraction of sp³-hybridized carbons (Fsp3) is 0.769. The number of hydrogen-bond acceptors (Lipinski definition) is 1. The number of rotatable bonds is 2. The monoisotopic (exact) mass is 208 g/mol. The molecule has 1 heterocycles. The van der Waals surface area contributed by atoms with Gasteiger partial charge in [0.2, 0.25) is 0 Å². The van der Waals surface area contributed by atoms with Crippen LogP contribution in [0.1, 0.15) is 63.9 Å². The quantitative estimate of drug-likeness (QED) is 0.727. The van der Waals surface area contributed by atoms with Gasteiger partial charge in [-0.05, 0) is 18.8 Å². The molecule has 0 fully saturated rings. The van der Waals surface area contributed by atoms with Gasteiger partial charge in [-0.2, -0.15) is 5.10 Å². The van der Waals surface area contributed by atoms with Gasteiger partial charge in [-0.1, -0.05) is 34.6 Å². The van der Waals surface area contributed by atoms with Gasteiger partial charge in [-0.15, -0.1) is 0 Å². The maximum Gasteiger partial charge on any atom is 0.0692 e. The van der Waals surface area contributed by atoms with Crippen LogP contribution < -0.4 is 0 Å². The fourth-order valence-electron chi connectivity index (χ4n) is 2.10. The molecule has 0 N–H and O–H groups in total. The second-order valence-electron chi connectivity index (χ2n) is 5.53. The molecule has 2 heteroatoms. The van der Waals surface area contributed by atoms with E-state index >= 15 is 0 Å².